The maximum atomic E-state index is 13.5. The lowest BCUT2D eigenvalue weighted by Gasteiger charge is -2.11. The Kier molecular flexibility index (Phi) is 3.69. The Balaban J connectivity index is 2.12. The van der Waals surface area contributed by atoms with Gasteiger partial charge in [-0.1, -0.05) is 0 Å². The normalized spacial score (nSPS) is 11.4. The summed E-state index contributed by atoms with van der Waals surface area (Å²) in [6.45, 7) is 3.27. The van der Waals surface area contributed by atoms with E-state index < -0.39 is 15.8 Å². The van der Waals surface area contributed by atoms with Crippen molar-refractivity contribution >= 4 is 21.5 Å². The molecule has 24 heavy (non-hydrogen) atoms. The van der Waals surface area contributed by atoms with Crippen molar-refractivity contribution < 1.29 is 12.8 Å². The molecule has 7 nitrogen and oxygen atoms in total. The van der Waals surface area contributed by atoms with Gasteiger partial charge in [0.05, 0.1) is 11.1 Å². The van der Waals surface area contributed by atoms with Crippen molar-refractivity contribution in [2.24, 2.45) is 0 Å². The van der Waals surface area contributed by atoms with E-state index in [1.165, 1.54) is 28.9 Å². The summed E-state index contributed by atoms with van der Waals surface area (Å²) in [4.78, 5) is 3.98. The first kappa shape index (κ1) is 15.9. The fourth-order valence-corrected chi connectivity index (χ4v) is 3.44. The highest BCUT2D eigenvalue weighted by Crippen LogP contribution is 2.20. The van der Waals surface area contributed by atoms with Gasteiger partial charge in [0.2, 0.25) is 0 Å². The lowest BCUT2D eigenvalue weighted by molar-refractivity contribution is 0.594. The molecule has 0 aliphatic heterocycles. The van der Waals surface area contributed by atoms with E-state index in [4.69, 9.17) is 5.26 Å². The van der Waals surface area contributed by atoms with Gasteiger partial charge in [-0.2, -0.15) is 14.9 Å². The predicted octanol–water partition coefficient (Wildman–Crippen LogP) is 2.16. The first-order valence-electron chi connectivity index (χ1n) is 6.85. The van der Waals surface area contributed by atoms with Crippen LogP contribution in [0.2, 0.25) is 0 Å². The molecule has 0 fully saturated rings. The number of hydrogen-bond acceptors (Lipinski definition) is 5. The molecule has 0 unspecified atom stereocenters. The van der Waals surface area contributed by atoms with Crippen LogP contribution in [0.25, 0.3) is 5.65 Å². The summed E-state index contributed by atoms with van der Waals surface area (Å²) in [5, 5.41) is 13.0. The van der Waals surface area contributed by atoms with Crippen LogP contribution in [0.5, 0.6) is 0 Å². The molecule has 0 saturated heterocycles. The number of sulfonamides is 1. The fraction of sp³-hybridized carbons (Fsp3) is 0.133. The van der Waals surface area contributed by atoms with Crippen LogP contribution in [0.4, 0.5) is 10.2 Å². The molecule has 0 saturated carbocycles. The second kappa shape index (κ2) is 5.58. The van der Waals surface area contributed by atoms with E-state index in [-0.39, 0.29) is 21.9 Å². The van der Waals surface area contributed by atoms with Crippen LogP contribution in [0.1, 0.15) is 16.8 Å². The predicted molar refractivity (Wildman–Crippen MR) is 84.4 cm³/mol. The molecule has 0 aliphatic carbocycles. The Labute approximate surface area is 137 Å². The van der Waals surface area contributed by atoms with Crippen molar-refractivity contribution in [1.29, 1.82) is 5.26 Å². The smallest absolute Gasteiger partial charge is 0.263 e. The molecule has 0 bridgehead atoms. The van der Waals surface area contributed by atoms with Gasteiger partial charge in [-0.3, -0.25) is 4.72 Å². The first-order valence-corrected chi connectivity index (χ1v) is 8.34. The van der Waals surface area contributed by atoms with Crippen LogP contribution >= 0.6 is 0 Å². The molecule has 2 aromatic heterocycles. The molecule has 1 aromatic carbocycles. The molecule has 0 atom stereocenters. The number of halogens is 1. The highest BCUT2D eigenvalue weighted by molar-refractivity contribution is 7.92. The van der Waals surface area contributed by atoms with Gasteiger partial charge in [-0.25, -0.2) is 17.8 Å². The third-order valence-electron chi connectivity index (χ3n) is 3.29. The number of anilines is 1. The molecule has 3 rings (SSSR count). The van der Waals surface area contributed by atoms with E-state index in [0.717, 1.165) is 6.07 Å². The lowest BCUT2D eigenvalue weighted by Crippen LogP contribution is -2.16. The summed E-state index contributed by atoms with van der Waals surface area (Å²) < 4.78 is 42.2. The van der Waals surface area contributed by atoms with E-state index in [1.807, 2.05) is 6.07 Å². The van der Waals surface area contributed by atoms with E-state index in [9.17, 15) is 12.8 Å². The van der Waals surface area contributed by atoms with Crippen LogP contribution in [-0.4, -0.2) is 23.0 Å². The van der Waals surface area contributed by atoms with Gasteiger partial charge in [0.1, 0.15) is 23.3 Å². The van der Waals surface area contributed by atoms with Crippen molar-refractivity contribution in [3.8, 4) is 6.07 Å². The van der Waals surface area contributed by atoms with Crippen LogP contribution in [0, 0.1) is 31.0 Å². The summed E-state index contributed by atoms with van der Waals surface area (Å²) in [5.74, 6) is -0.529. The number of rotatable bonds is 3. The van der Waals surface area contributed by atoms with Gasteiger partial charge in [-0.05, 0) is 37.6 Å². The number of benzene rings is 1. The van der Waals surface area contributed by atoms with Crippen molar-refractivity contribution in [2.75, 3.05) is 4.72 Å². The highest BCUT2D eigenvalue weighted by Gasteiger charge is 2.19. The third-order valence-corrected chi connectivity index (χ3v) is 4.62. The Hall–Kier alpha value is -2.99. The minimum Gasteiger partial charge on any atom is -0.263 e. The first-order chi connectivity index (χ1) is 11.3. The van der Waals surface area contributed by atoms with Gasteiger partial charge in [-0.15, -0.1) is 0 Å². The van der Waals surface area contributed by atoms with E-state index >= 15 is 0 Å². The number of fused-ring (bicyclic) bond motifs is 1. The maximum absolute atomic E-state index is 13.5. The van der Waals surface area contributed by atoms with Gasteiger partial charge < -0.3 is 0 Å². The average molecular weight is 345 g/mol. The molecule has 0 spiro atoms. The number of nitriles is 1. The van der Waals surface area contributed by atoms with Gasteiger partial charge >= 0.3 is 0 Å². The second-order valence-corrected chi connectivity index (χ2v) is 6.94. The zero-order valence-corrected chi connectivity index (χ0v) is 13.6. The summed E-state index contributed by atoms with van der Waals surface area (Å²) in [7, 11) is -4.03. The zero-order chi connectivity index (χ0) is 17.5. The van der Waals surface area contributed by atoms with E-state index in [1.54, 1.807) is 13.8 Å². The largest absolute Gasteiger partial charge is 0.263 e. The van der Waals surface area contributed by atoms with Gasteiger partial charge in [0.15, 0.2) is 5.65 Å². The van der Waals surface area contributed by atoms with E-state index in [0.29, 0.717) is 11.3 Å². The van der Waals surface area contributed by atoms with Gasteiger partial charge in [0.25, 0.3) is 10.0 Å². The Morgan fingerprint density at radius 3 is 2.67 bits per heavy atom. The molecular formula is C15H12FN5O2S. The summed E-state index contributed by atoms with van der Waals surface area (Å²) in [5.41, 5.74) is 1.45. The zero-order valence-electron chi connectivity index (χ0n) is 12.8. The van der Waals surface area contributed by atoms with Crippen LogP contribution < -0.4 is 4.72 Å². The monoisotopic (exact) mass is 345 g/mol. The quantitative estimate of drug-likeness (QED) is 0.784. The molecule has 0 aliphatic rings. The standard InChI is InChI=1S/C15H12FN5O2S/c1-9-3-12(16)6-13(4-9)24(22,23)20-14-5-10(2)19-15-11(7-17)8-18-21(14)15/h3-6,8,20H,1-2H3. The number of aryl methyl sites for hydroxylation is 2. The minimum absolute atomic E-state index is 0.112. The number of aromatic nitrogens is 3. The SMILES string of the molecule is Cc1cc(F)cc(S(=O)(=O)Nc2cc(C)nc3c(C#N)cnn23)c1. The topological polar surface area (TPSA) is 100 Å². The van der Waals surface area contributed by atoms with Crippen molar-refractivity contribution in [1.82, 2.24) is 14.6 Å². The summed E-state index contributed by atoms with van der Waals surface area (Å²) in [6.07, 6.45) is 1.30. The fourth-order valence-electron chi connectivity index (χ4n) is 2.29. The van der Waals surface area contributed by atoms with Gasteiger partial charge in [0, 0.05) is 11.8 Å². The number of nitrogens with zero attached hydrogens (tertiary/aromatic N) is 4. The molecule has 9 heteroatoms. The van der Waals surface area contributed by atoms with Crippen molar-refractivity contribution in [3.63, 3.8) is 0 Å². The Morgan fingerprint density at radius 2 is 2.00 bits per heavy atom. The third kappa shape index (κ3) is 2.79. The molecule has 0 amide bonds. The Morgan fingerprint density at radius 1 is 1.25 bits per heavy atom. The van der Waals surface area contributed by atoms with Crippen LogP contribution in [-0.2, 0) is 10.0 Å². The maximum Gasteiger partial charge on any atom is 0.263 e. The summed E-state index contributed by atoms with van der Waals surface area (Å²) in [6, 6.07) is 6.95. The Bertz CT molecular complexity index is 1080. The molecule has 0 radical (unpaired) electrons. The second-order valence-electron chi connectivity index (χ2n) is 5.26. The lowest BCUT2D eigenvalue weighted by atomic mass is 10.2. The minimum atomic E-state index is -4.03. The molecule has 2 heterocycles. The number of hydrogen-bond donors (Lipinski definition) is 1. The molecule has 122 valence electrons. The van der Waals surface area contributed by atoms with Crippen molar-refractivity contribution in [3.05, 3.63) is 53.1 Å². The van der Waals surface area contributed by atoms with E-state index in [2.05, 4.69) is 14.8 Å². The summed E-state index contributed by atoms with van der Waals surface area (Å²) >= 11 is 0. The highest BCUT2D eigenvalue weighted by atomic mass is 32.2. The van der Waals surface area contributed by atoms with Crippen LogP contribution in [0.3, 0.4) is 0 Å². The molecular weight excluding hydrogens is 333 g/mol. The van der Waals surface area contributed by atoms with Crippen LogP contribution in [0.15, 0.2) is 35.4 Å². The number of nitrogens with one attached hydrogen (secondary N) is 1. The molecule has 3 aromatic rings. The average Bonchev–Trinajstić information content (AvgIpc) is 2.88. The van der Waals surface area contributed by atoms with Crippen molar-refractivity contribution in [2.45, 2.75) is 18.7 Å². The molecule has 1 N–H and O–H groups in total.